The van der Waals surface area contributed by atoms with Crippen molar-refractivity contribution in [2.75, 3.05) is 5.73 Å². The van der Waals surface area contributed by atoms with Crippen molar-refractivity contribution in [3.63, 3.8) is 0 Å². The summed E-state index contributed by atoms with van der Waals surface area (Å²) >= 11 is 0. The number of aromatic hydroxyl groups is 1. The minimum Gasteiger partial charge on any atom is -0.508 e. The van der Waals surface area contributed by atoms with E-state index in [1.165, 1.54) is 38.5 Å². The Labute approximate surface area is 321 Å². The van der Waals surface area contributed by atoms with Crippen LogP contribution in [0.25, 0.3) is 10.9 Å². The van der Waals surface area contributed by atoms with E-state index in [0.29, 0.717) is 43.5 Å². The molecular formula is C42H53N9O4. The number of imidazole rings is 1. The Bertz CT molecular complexity index is 2110. The average Bonchev–Trinajstić information content (AvgIpc) is 3.88. The van der Waals surface area contributed by atoms with Gasteiger partial charge in [-0.1, -0.05) is 23.4 Å². The summed E-state index contributed by atoms with van der Waals surface area (Å²) in [6.45, 7) is 4.33. The fraction of sp³-hybridized carbons (Fsp3) is 0.500. The number of nitrogen functional groups attached to an aromatic ring is 1. The molecule has 55 heavy (non-hydrogen) atoms. The van der Waals surface area contributed by atoms with Crippen molar-refractivity contribution in [3.05, 3.63) is 89.0 Å². The molecule has 13 heteroatoms. The van der Waals surface area contributed by atoms with Crippen molar-refractivity contribution >= 4 is 28.7 Å². The van der Waals surface area contributed by atoms with Crippen LogP contribution in [0.4, 0.5) is 5.95 Å². The molecule has 4 fully saturated rings. The molecule has 2 amide bonds. The summed E-state index contributed by atoms with van der Waals surface area (Å²) in [5.41, 5.74) is 17.0. The zero-order valence-corrected chi connectivity index (χ0v) is 31.8. The molecule has 8 N–H and O–H groups in total. The van der Waals surface area contributed by atoms with Gasteiger partial charge in [0.25, 0.3) is 0 Å². The predicted octanol–water partition coefficient (Wildman–Crippen LogP) is 5.35. The van der Waals surface area contributed by atoms with Crippen LogP contribution in [0.2, 0.25) is 0 Å². The van der Waals surface area contributed by atoms with Gasteiger partial charge in [0.05, 0.1) is 6.04 Å². The molecule has 0 unspecified atom stereocenters. The molecule has 4 aliphatic rings. The number of carbonyl (C=O) groups excluding carboxylic acids is 2. The number of anilines is 1. The zero-order chi connectivity index (χ0) is 38.3. The SMILES string of the molecule is Cc1cc(O)cc(C)c1C[C@H](NC(=O)[C@H](N)CCCn1ccnc1N)C(=O)N[C@@H](Cc1c[nH]c2ccccc12)c1nc(CC23CC4CC(CC(C4)C2)C3)no1. The van der Waals surface area contributed by atoms with Gasteiger partial charge >= 0.3 is 0 Å². The Morgan fingerprint density at radius 2 is 1.75 bits per heavy atom. The molecule has 4 saturated carbocycles. The number of rotatable bonds is 15. The summed E-state index contributed by atoms with van der Waals surface area (Å²) in [6, 6.07) is 8.86. The van der Waals surface area contributed by atoms with Gasteiger partial charge < -0.3 is 41.3 Å². The summed E-state index contributed by atoms with van der Waals surface area (Å²) in [5, 5.41) is 22.0. The molecule has 3 heterocycles. The summed E-state index contributed by atoms with van der Waals surface area (Å²) < 4.78 is 7.82. The maximum Gasteiger partial charge on any atom is 0.249 e. The van der Waals surface area contributed by atoms with E-state index in [1.807, 2.05) is 44.3 Å². The third-order valence-corrected chi connectivity index (χ3v) is 12.6. The van der Waals surface area contributed by atoms with Crippen molar-refractivity contribution in [1.82, 2.24) is 35.3 Å². The number of nitrogens with two attached hydrogens (primary N) is 2. The van der Waals surface area contributed by atoms with Gasteiger partial charge in [-0.3, -0.25) is 9.59 Å². The molecule has 4 bridgehead atoms. The van der Waals surface area contributed by atoms with Gasteiger partial charge in [0.1, 0.15) is 17.8 Å². The number of nitrogens with one attached hydrogen (secondary N) is 3. The molecule has 2 aromatic carbocycles. The molecular weight excluding hydrogens is 695 g/mol. The molecule has 0 spiro atoms. The highest BCUT2D eigenvalue weighted by Crippen LogP contribution is 2.61. The van der Waals surface area contributed by atoms with Crippen LogP contribution in [0.3, 0.4) is 0 Å². The second kappa shape index (κ2) is 15.2. The van der Waals surface area contributed by atoms with Crippen LogP contribution in [-0.2, 0) is 35.4 Å². The van der Waals surface area contributed by atoms with Gasteiger partial charge in [-0.25, -0.2) is 4.98 Å². The van der Waals surface area contributed by atoms with Gasteiger partial charge in [0, 0.05) is 55.3 Å². The van der Waals surface area contributed by atoms with E-state index in [2.05, 4.69) is 25.8 Å². The third kappa shape index (κ3) is 7.98. The summed E-state index contributed by atoms with van der Waals surface area (Å²) in [6.07, 6.45) is 15.5. The fourth-order valence-electron chi connectivity index (χ4n) is 10.4. The third-order valence-electron chi connectivity index (χ3n) is 12.6. The number of carbonyl (C=O) groups is 2. The monoisotopic (exact) mass is 747 g/mol. The summed E-state index contributed by atoms with van der Waals surface area (Å²) in [7, 11) is 0. The Balaban J connectivity index is 1.04. The highest BCUT2D eigenvalue weighted by Gasteiger charge is 2.51. The Morgan fingerprint density at radius 1 is 1.04 bits per heavy atom. The van der Waals surface area contributed by atoms with Crippen molar-refractivity contribution in [2.24, 2.45) is 28.9 Å². The quantitative estimate of drug-likeness (QED) is 0.0817. The molecule has 3 atom stereocenters. The van der Waals surface area contributed by atoms with E-state index < -0.39 is 29.9 Å². The predicted molar refractivity (Wildman–Crippen MR) is 209 cm³/mol. The molecule has 9 rings (SSSR count). The van der Waals surface area contributed by atoms with Crippen LogP contribution in [0.5, 0.6) is 5.75 Å². The standard InChI is InChI=1S/C42H53N9O4/c1-24-12-30(52)13-25(2)32(24)18-35(47-38(53)33(43)7-5-10-51-11-9-45-41(51)44)39(54)48-36(17-29-23-46-34-8-4-3-6-31(29)34)40-49-37(50-55-40)22-42-19-26-14-27(20-42)16-28(15-26)21-42/h3-4,6,8-9,11-13,23,26-28,33,35-36,46,52H,5,7,10,14-22,43H2,1-2H3,(H2,44,45)(H,47,53)(H,48,54)/t26?,27?,28?,33-,35+,36+,42?/m1/s1. The fourth-order valence-corrected chi connectivity index (χ4v) is 10.4. The van der Waals surface area contributed by atoms with E-state index in [-0.39, 0.29) is 17.6 Å². The lowest BCUT2D eigenvalue weighted by Crippen LogP contribution is -2.53. The lowest BCUT2D eigenvalue weighted by atomic mass is 9.49. The van der Waals surface area contributed by atoms with Crippen LogP contribution >= 0.6 is 0 Å². The first kappa shape index (κ1) is 36.8. The normalized spacial score (nSPS) is 23.1. The number of aromatic nitrogens is 5. The summed E-state index contributed by atoms with van der Waals surface area (Å²) in [5.74, 6) is 3.17. The first-order valence-corrected chi connectivity index (χ1v) is 19.8. The van der Waals surface area contributed by atoms with Crippen LogP contribution in [-0.4, -0.2) is 53.7 Å². The number of hydrogen-bond donors (Lipinski definition) is 6. The first-order chi connectivity index (χ1) is 26.5. The highest BCUT2D eigenvalue weighted by molar-refractivity contribution is 5.90. The Morgan fingerprint density at radius 3 is 2.44 bits per heavy atom. The van der Waals surface area contributed by atoms with Crippen molar-refractivity contribution in [3.8, 4) is 5.75 Å². The van der Waals surface area contributed by atoms with Gasteiger partial charge in [-0.2, -0.15) is 4.98 Å². The second-order valence-corrected chi connectivity index (χ2v) is 16.8. The van der Waals surface area contributed by atoms with E-state index >= 15 is 0 Å². The van der Waals surface area contributed by atoms with Crippen LogP contribution in [0.15, 0.2) is 59.5 Å². The van der Waals surface area contributed by atoms with Gasteiger partial charge in [0.15, 0.2) is 11.8 Å². The molecule has 4 aliphatic carbocycles. The van der Waals surface area contributed by atoms with Crippen molar-refractivity contribution in [2.45, 2.75) is 109 Å². The number of phenolic OH excluding ortho intramolecular Hbond substituents is 1. The molecule has 0 saturated heterocycles. The van der Waals surface area contributed by atoms with Crippen LogP contribution < -0.4 is 22.1 Å². The number of aromatic amines is 1. The average molecular weight is 748 g/mol. The topological polar surface area (TPSA) is 203 Å². The minimum absolute atomic E-state index is 0.142. The van der Waals surface area contributed by atoms with Crippen LogP contribution in [0, 0.1) is 37.0 Å². The Kier molecular flexibility index (Phi) is 10.1. The lowest BCUT2D eigenvalue weighted by molar-refractivity contribution is -0.130. The number of nitrogens with zero attached hydrogens (tertiary/aromatic N) is 4. The van der Waals surface area contributed by atoms with Crippen LogP contribution in [0.1, 0.15) is 91.4 Å². The highest BCUT2D eigenvalue weighted by atomic mass is 16.5. The van der Waals surface area contributed by atoms with E-state index in [4.69, 9.17) is 21.0 Å². The Hall–Kier alpha value is -5.17. The van der Waals surface area contributed by atoms with Gasteiger partial charge in [0.2, 0.25) is 17.7 Å². The molecule has 0 radical (unpaired) electrons. The molecule has 290 valence electrons. The first-order valence-electron chi connectivity index (χ1n) is 19.8. The molecule has 3 aromatic heterocycles. The van der Waals surface area contributed by atoms with Gasteiger partial charge in [-0.05, 0) is 129 Å². The van der Waals surface area contributed by atoms with Crippen molar-refractivity contribution in [1.29, 1.82) is 0 Å². The second-order valence-electron chi connectivity index (χ2n) is 16.8. The lowest BCUT2D eigenvalue weighted by Gasteiger charge is -2.56. The summed E-state index contributed by atoms with van der Waals surface area (Å²) in [4.78, 5) is 40.6. The minimum atomic E-state index is -0.982. The maximum atomic E-state index is 14.5. The molecule has 5 aromatic rings. The number of H-pyrrole nitrogens is 1. The van der Waals surface area contributed by atoms with Gasteiger partial charge in [-0.15, -0.1) is 0 Å². The number of amides is 2. The van der Waals surface area contributed by atoms with E-state index in [9.17, 15) is 14.7 Å². The number of phenols is 1. The van der Waals surface area contributed by atoms with E-state index in [0.717, 1.165) is 57.3 Å². The molecule has 0 aliphatic heterocycles. The molecule has 13 nitrogen and oxygen atoms in total. The number of hydrogen-bond acceptors (Lipinski definition) is 9. The number of fused-ring (bicyclic) bond motifs is 1. The smallest absolute Gasteiger partial charge is 0.249 e. The number of para-hydroxylation sites is 1. The number of benzene rings is 2. The van der Waals surface area contributed by atoms with Crippen molar-refractivity contribution < 1.29 is 19.2 Å². The number of aryl methyl sites for hydroxylation is 3. The largest absolute Gasteiger partial charge is 0.508 e. The van der Waals surface area contributed by atoms with E-state index in [1.54, 1.807) is 29.1 Å². The maximum absolute atomic E-state index is 14.5. The zero-order valence-electron chi connectivity index (χ0n) is 31.8.